The molecular formula is C29H23N9O. The van der Waals surface area contributed by atoms with Gasteiger partial charge in [0.2, 0.25) is 0 Å². The molecule has 6 aromatic rings. The van der Waals surface area contributed by atoms with Crippen LogP contribution in [0.15, 0.2) is 79.6 Å². The molecule has 2 aromatic carbocycles. The Morgan fingerprint density at radius 3 is 2.69 bits per heavy atom. The SMILES string of the molecule is CC(NC(=O)c1c(N)ncn2ccnc12)c1nc2cccc(C#Cc3cnn(C)c3)c2nc1-c1ccccc1. The lowest BCUT2D eigenvalue weighted by Gasteiger charge is -2.18. The van der Waals surface area contributed by atoms with Gasteiger partial charge in [-0.15, -0.1) is 0 Å². The molecule has 10 heteroatoms. The number of carbonyl (C=O) groups excluding carboxylic acids is 1. The highest BCUT2D eigenvalue weighted by atomic mass is 16.1. The molecule has 3 N–H and O–H groups in total. The van der Waals surface area contributed by atoms with Crippen LogP contribution in [-0.4, -0.2) is 40.0 Å². The van der Waals surface area contributed by atoms with Gasteiger partial charge in [0, 0.05) is 31.2 Å². The van der Waals surface area contributed by atoms with E-state index in [1.54, 1.807) is 27.7 Å². The molecule has 0 radical (unpaired) electrons. The molecule has 0 fully saturated rings. The van der Waals surface area contributed by atoms with Crippen molar-refractivity contribution in [1.82, 2.24) is 39.4 Å². The van der Waals surface area contributed by atoms with E-state index in [9.17, 15) is 4.79 Å². The minimum absolute atomic E-state index is 0.100. The average molecular weight is 514 g/mol. The second-order valence-corrected chi connectivity index (χ2v) is 9.01. The van der Waals surface area contributed by atoms with Crippen LogP contribution in [-0.2, 0) is 7.05 Å². The maximum atomic E-state index is 13.4. The smallest absolute Gasteiger partial charge is 0.259 e. The number of nitrogens with zero attached hydrogens (tertiary/aromatic N) is 7. The molecule has 1 unspecified atom stereocenters. The molecule has 190 valence electrons. The molecule has 6 rings (SSSR count). The van der Waals surface area contributed by atoms with Crippen LogP contribution in [0, 0.1) is 11.8 Å². The number of aryl methyl sites for hydroxylation is 1. The van der Waals surface area contributed by atoms with E-state index >= 15 is 0 Å². The van der Waals surface area contributed by atoms with Crippen LogP contribution in [0.25, 0.3) is 27.9 Å². The highest BCUT2D eigenvalue weighted by Crippen LogP contribution is 2.29. The van der Waals surface area contributed by atoms with Crippen molar-refractivity contribution >= 4 is 28.4 Å². The van der Waals surface area contributed by atoms with Gasteiger partial charge in [0.1, 0.15) is 23.2 Å². The first-order valence-electron chi connectivity index (χ1n) is 12.2. The summed E-state index contributed by atoms with van der Waals surface area (Å²) < 4.78 is 3.36. The van der Waals surface area contributed by atoms with Gasteiger partial charge in [-0.3, -0.25) is 13.9 Å². The number of hydrogen-bond donors (Lipinski definition) is 2. The zero-order valence-electron chi connectivity index (χ0n) is 21.2. The standard InChI is InChI=1S/C29H23N9O/c1-18(34-29(39)23-27(30)32-17-38-14-13-31-28(23)38)24-26(20-7-4-3-5-8-20)36-25-21(9-6-10-22(25)35-24)12-11-19-15-33-37(2)16-19/h3-10,13-18H,30H2,1-2H3,(H,34,39). The van der Waals surface area contributed by atoms with Crippen LogP contribution in [0.4, 0.5) is 5.82 Å². The Hall–Kier alpha value is -5.56. The minimum Gasteiger partial charge on any atom is -0.383 e. The maximum absolute atomic E-state index is 13.4. The monoisotopic (exact) mass is 513 g/mol. The van der Waals surface area contributed by atoms with Gasteiger partial charge in [-0.2, -0.15) is 5.10 Å². The van der Waals surface area contributed by atoms with Crippen molar-refractivity contribution in [3.8, 4) is 23.1 Å². The van der Waals surface area contributed by atoms with Crippen LogP contribution in [0.5, 0.6) is 0 Å². The molecule has 0 saturated carbocycles. The summed E-state index contributed by atoms with van der Waals surface area (Å²) in [5.74, 6) is 6.06. The number of para-hydroxylation sites is 1. The molecule has 0 aliphatic rings. The normalized spacial score (nSPS) is 11.7. The number of imidazole rings is 1. The molecule has 0 aliphatic heterocycles. The molecule has 4 aromatic heterocycles. The third-order valence-corrected chi connectivity index (χ3v) is 6.27. The zero-order chi connectivity index (χ0) is 26.9. The Balaban J connectivity index is 1.44. The molecule has 39 heavy (non-hydrogen) atoms. The quantitative estimate of drug-likeness (QED) is 0.345. The number of nitrogens with two attached hydrogens (primary N) is 1. The van der Waals surface area contributed by atoms with E-state index in [-0.39, 0.29) is 11.4 Å². The Labute approximate surface area is 223 Å². The lowest BCUT2D eigenvalue weighted by Crippen LogP contribution is -2.29. The molecular weight excluding hydrogens is 490 g/mol. The molecule has 1 amide bonds. The van der Waals surface area contributed by atoms with Gasteiger partial charge < -0.3 is 11.1 Å². The van der Waals surface area contributed by atoms with Crippen molar-refractivity contribution in [1.29, 1.82) is 0 Å². The number of aromatic nitrogens is 7. The van der Waals surface area contributed by atoms with E-state index in [1.165, 1.54) is 6.33 Å². The lowest BCUT2D eigenvalue weighted by atomic mass is 10.0. The fraction of sp³-hybridized carbons (Fsp3) is 0.103. The van der Waals surface area contributed by atoms with E-state index < -0.39 is 11.9 Å². The highest BCUT2D eigenvalue weighted by molar-refractivity contribution is 6.04. The Kier molecular flexibility index (Phi) is 5.93. The van der Waals surface area contributed by atoms with Crippen molar-refractivity contribution in [2.45, 2.75) is 13.0 Å². The summed E-state index contributed by atoms with van der Waals surface area (Å²) in [6.07, 6.45) is 8.39. The molecule has 0 saturated heterocycles. The summed E-state index contributed by atoms with van der Waals surface area (Å²) in [4.78, 5) is 31.8. The molecule has 4 heterocycles. The number of nitrogen functional groups attached to an aromatic ring is 1. The molecule has 0 spiro atoms. The summed E-state index contributed by atoms with van der Waals surface area (Å²) in [5, 5.41) is 7.20. The number of hydrogen-bond acceptors (Lipinski definition) is 7. The van der Waals surface area contributed by atoms with Gasteiger partial charge in [-0.05, 0) is 19.1 Å². The van der Waals surface area contributed by atoms with Crippen molar-refractivity contribution in [2.75, 3.05) is 5.73 Å². The van der Waals surface area contributed by atoms with Crippen molar-refractivity contribution in [3.05, 3.63) is 102 Å². The fourth-order valence-electron chi connectivity index (χ4n) is 4.39. The second-order valence-electron chi connectivity index (χ2n) is 9.01. The highest BCUT2D eigenvalue weighted by Gasteiger charge is 2.23. The van der Waals surface area contributed by atoms with Crippen LogP contribution in [0.3, 0.4) is 0 Å². The molecule has 0 aliphatic carbocycles. The number of fused-ring (bicyclic) bond motifs is 2. The van der Waals surface area contributed by atoms with Gasteiger partial charge in [-0.1, -0.05) is 48.2 Å². The van der Waals surface area contributed by atoms with Gasteiger partial charge in [0.15, 0.2) is 5.65 Å². The average Bonchev–Trinajstić information content (AvgIpc) is 3.60. The second kappa shape index (κ2) is 9.72. The number of benzene rings is 2. The van der Waals surface area contributed by atoms with Crippen molar-refractivity contribution in [2.24, 2.45) is 7.05 Å². The van der Waals surface area contributed by atoms with Gasteiger partial charge in [0.05, 0.1) is 40.3 Å². The number of carbonyl (C=O) groups is 1. The van der Waals surface area contributed by atoms with E-state index in [2.05, 4.69) is 32.2 Å². The number of rotatable bonds is 4. The van der Waals surface area contributed by atoms with Crippen LogP contribution < -0.4 is 11.1 Å². The Morgan fingerprint density at radius 1 is 1.05 bits per heavy atom. The van der Waals surface area contributed by atoms with E-state index in [0.717, 1.165) is 16.7 Å². The summed E-state index contributed by atoms with van der Waals surface area (Å²) in [5.41, 5.74) is 11.7. The summed E-state index contributed by atoms with van der Waals surface area (Å²) in [6.45, 7) is 1.86. The Bertz CT molecular complexity index is 1910. The summed E-state index contributed by atoms with van der Waals surface area (Å²) >= 11 is 0. The van der Waals surface area contributed by atoms with Crippen LogP contribution >= 0.6 is 0 Å². The van der Waals surface area contributed by atoms with Gasteiger partial charge in [-0.25, -0.2) is 19.9 Å². The van der Waals surface area contributed by atoms with E-state index in [1.807, 2.05) is 68.7 Å². The topological polar surface area (TPSA) is 129 Å². The number of anilines is 1. The van der Waals surface area contributed by atoms with E-state index in [0.29, 0.717) is 28.1 Å². The summed E-state index contributed by atoms with van der Waals surface area (Å²) in [7, 11) is 1.85. The molecule has 0 bridgehead atoms. The first kappa shape index (κ1) is 23.8. The third kappa shape index (κ3) is 4.53. The maximum Gasteiger partial charge on any atom is 0.259 e. The predicted molar refractivity (Wildman–Crippen MR) is 147 cm³/mol. The van der Waals surface area contributed by atoms with Crippen molar-refractivity contribution in [3.63, 3.8) is 0 Å². The summed E-state index contributed by atoms with van der Waals surface area (Å²) in [6, 6.07) is 14.9. The molecule has 1 atom stereocenters. The third-order valence-electron chi connectivity index (χ3n) is 6.27. The zero-order valence-corrected chi connectivity index (χ0v) is 21.2. The lowest BCUT2D eigenvalue weighted by molar-refractivity contribution is 0.0941. The van der Waals surface area contributed by atoms with E-state index in [4.69, 9.17) is 15.7 Å². The van der Waals surface area contributed by atoms with Gasteiger partial charge in [0.25, 0.3) is 5.91 Å². The van der Waals surface area contributed by atoms with Crippen LogP contribution in [0.2, 0.25) is 0 Å². The number of amides is 1. The van der Waals surface area contributed by atoms with Gasteiger partial charge >= 0.3 is 0 Å². The van der Waals surface area contributed by atoms with Crippen LogP contribution in [0.1, 0.15) is 40.1 Å². The first-order chi connectivity index (χ1) is 19.0. The Morgan fingerprint density at radius 2 is 1.90 bits per heavy atom. The first-order valence-corrected chi connectivity index (χ1v) is 12.2. The fourth-order valence-corrected chi connectivity index (χ4v) is 4.39. The minimum atomic E-state index is -0.510. The largest absolute Gasteiger partial charge is 0.383 e. The van der Waals surface area contributed by atoms with Crippen molar-refractivity contribution < 1.29 is 4.79 Å². The molecule has 10 nitrogen and oxygen atoms in total. The number of nitrogens with one attached hydrogen (secondary N) is 1. The predicted octanol–water partition coefficient (Wildman–Crippen LogP) is 3.55.